The highest BCUT2D eigenvalue weighted by molar-refractivity contribution is 5.22. The van der Waals surface area contributed by atoms with E-state index in [0.717, 1.165) is 25.5 Å². The number of benzene rings is 1. The average Bonchev–Trinajstić information content (AvgIpc) is 2.30. The van der Waals surface area contributed by atoms with Gasteiger partial charge < -0.3 is 10.1 Å². The van der Waals surface area contributed by atoms with E-state index in [0.29, 0.717) is 17.7 Å². The molecule has 1 aliphatic rings. The fourth-order valence-electron chi connectivity index (χ4n) is 2.37. The fraction of sp³-hybridized carbons (Fsp3) is 0.571. The van der Waals surface area contributed by atoms with Crippen LogP contribution in [0.15, 0.2) is 18.2 Å². The highest BCUT2D eigenvalue weighted by Crippen LogP contribution is 2.27. The molecule has 1 saturated carbocycles. The smallest absolute Gasteiger partial charge is 0.163 e. The molecule has 0 saturated heterocycles. The second kappa shape index (κ2) is 5.76. The van der Waals surface area contributed by atoms with Gasteiger partial charge in [-0.25, -0.2) is 8.78 Å². The minimum absolute atomic E-state index is 0.187. The second-order valence-electron chi connectivity index (χ2n) is 4.78. The van der Waals surface area contributed by atoms with E-state index in [1.165, 1.54) is 6.07 Å². The van der Waals surface area contributed by atoms with Crippen molar-refractivity contribution in [1.82, 2.24) is 5.32 Å². The summed E-state index contributed by atoms with van der Waals surface area (Å²) in [6.07, 6.45) is 2.20. The first-order chi connectivity index (χ1) is 8.61. The summed E-state index contributed by atoms with van der Waals surface area (Å²) in [5.41, 5.74) is 0.384. The molecule has 0 spiro atoms. The van der Waals surface area contributed by atoms with Crippen LogP contribution in [0.5, 0.6) is 0 Å². The Morgan fingerprint density at radius 1 is 1.39 bits per heavy atom. The van der Waals surface area contributed by atoms with E-state index < -0.39 is 11.6 Å². The quantitative estimate of drug-likeness (QED) is 0.872. The predicted octanol–water partition coefficient (Wildman–Crippen LogP) is 3.18. The molecule has 4 heteroatoms. The molecule has 0 aliphatic heterocycles. The Bertz CT molecular complexity index is 405. The number of rotatable bonds is 5. The first-order valence-corrected chi connectivity index (χ1v) is 6.43. The van der Waals surface area contributed by atoms with Gasteiger partial charge in [0.05, 0.1) is 6.10 Å². The zero-order chi connectivity index (χ0) is 13.1. The topological polar surface area (TPSA) is 21.3 Å². The number of hydrogen-bond donors (Lipinski definition) is 1. The lowest BCUT2D eigenvalue weighted by Crippen LogP contribution is -2.46. The van der Waals surface area contributed by atoms with E-state index in [2.05, 4.69) is 5.32 Å². The molecule has 100 valence electrons. The first-order valence-electron chi connectivity index (χ1n) is 6.43. The van der Waals surface area contributed by atoms with E-state index in [4.69, 9.17) is 4.74 Å². The maximum atomic E-state index is 13.6. The van der Waals surface area contributed by atoms with Crippen LogP contribution in [0.3, 0.4) is 0 Å². The van der Waals surface area contributed by atoms with Crippen LogP contribution >= 0.6 is 0 Å². The highest BCUT2D eigenvalue weighted by Gasteiger charge is 2.30. The highest BCUT2D eigenvalue weighted by atomic mass is 19.2. The lowest BCUT2D eigenvalue weighted by molar-refractivity contribution is -0.0121. The lowest BCUT2D eigenvalue weighted by Gasteiger charge is -2.37. The number of halogens is 2. The molecule has 1 atom stereocenters. The molecule has 1 aromatic rings. The molecule has 1 N–H and O–H groups in total. The van der Waals surface area contributed by atoms with Crippen molar-refractivity contribution in [3.63, 3.8) is 0 Å². The Kier molecular flexibility index (Phi) is 4.30. The molecule has 1 unspecified atom stereocenters. The Hall–Kier alpha value is -1.00. The molecule has 18 heavy (non-hydrogen) atoms. The van der Waals surface area contributed by atoms with Crippen molar-refractivity contribution >= 4 is 0 Å². The van der Waals surface area contributed by atoms with Crippen LogP contribution in [-0.2, 0) is 4.74 Å². The van der Waals surface area contributed by atoms with Gasteiger partial charge in [0.1, 0.15) is 0 Å². The van der Waals surface area contributed by atoms with Gasteiger partial charge in [-0.3, -0.25) is 0 Å². The number of ether oxygens (including phenoxy) is 1. The van der Waals surface area contributed by atoms with Gasteiger partial charge in [-0.15, -0.1) is 0 Å². The summed E-state index contributed by atoms with van der Waals surface area (Å²) in [5.74, 6) is -1.54. The predicted molar refractivity (Wildman–Crippen MR) is 66.3 cm³/mol. The van der Waals surface area contributed by atoms with E-state index in [1.807, 2.05) is 13.8 Å². The van der Waals surface area contributed by atoms with Crippen LogP contribution in [0.4, 0.5) is 8.78 Å². The van der Waals surface area contributed by atoms with Gasteiger partial charge in [0.15, 0.2) is 11.6 Å². The van der Waals surface area contributed by atoms with Crippen LogP contribution in [0, 0.1) is 11.6 Å². The van der Waals surface area contributed by atoms with Crippen molar-refractivity contribution in [1.29, 1.82) is 0 Å². The van der Waals surface area contributed by atoms with Gasteiger partial charge in [0, 0.05) is 24.3 Å². The summed E-state index contributed by atoms with van der Waals surface area (Å²) >= 11 is 0. The van der Waals surface area contributed by atoms with Crippen molar-refractivity contribution in [3.8, 4) is 0 Å². The Morgan fingerprint density at radius 2 is 2.11 bits per heavy atom. The minimum Gasteiger partial charge on any atom is -0.378 e. The molecular formula is C14H19F2NO. The third-order valence-corrected chi connectivity index (χ3v) is 3.43. The SMILES string of the molecule is CCOC1CC(NC(C)c2cccc(F)c2F)C1. The Labute approximate surface area is 106 Å². The minimum atomic E-state index is -0.790. The summed E-state index contributed by atoms with van der Waals surface area (Å²) in [6, 6.07) is 4.44. The summed E-state index contributed by atoms with van der Waals surface area (Å²) in [6.45, 7) is 4.56. The first kappa shape index (κ1) is 13.4. The lowest BCUT2D eigenvalue weighted by atomic mass is 9.88. The van der Waals surface area contributed by atoms with E-state index in [-0.39, 0.29) is 6.04 Å². The molecule has 0 amide bonds. The van der Waals surface area contributed by atoms with Crippen molar-refractivity contribution in [2.45, 2.75) is 44.9 Å². The summed E-state index contributed by atoms with van der Waals surface area (Å²) in [7, 11) is 0. The molecule has 0 radical (unpaired) electrons. The monoisotopic (exact) mass is 255 g/mol. The van der Waals surface area contributed by atoms with Gasteiger partial charge in [-0.05, 0) is 32.8 Å². The molecule has 0 aromatic heterocycles. The molecular weight excluding hydrogens is 236 g/mol. The summed E-state index contributed by atoms with van der Waals surface area (Å²) in [5, 5.41) is 3.30. The number of hydrogen-bond acceptors (Lipinski definition) is 2. The molecule has 2 nitrogen and oxygen atoms in total. The average molecular weight is 255 g/mol. The van der Waals surface area contributed by atoms with Crippen LogP contribution in [-0.4, -0.2) is 18.8 Å². The van der Waals surface area contributed by atoms with Gasteiger partial charge in [0.2, 0.25) is 0 Å². The maximum Gasteiger partial charge on any atom is 0.163 e. The van der Waals surface area contributed by atoms with Crippen molar-refractivity contribution in [2.75, 3.05) is 6.61 Å². The van der Waals surface area contributed by atoms with Crippen molar-refractivity contribution in [3.05, 3.63) is 35.4 Å². The van der Waals surface area contributed by atoms with Crippen LogP contribution in [0.1, 0.15) is 38.3 Å². The molecule has 1 aliphatic carbocycles. The molecule has 0 heterocycles. The normalized spacial score (nSPS) is 24.7. The zero-order valence-corrected chi connectivity index (χ0v) is 10.7. The van der Waals surface area contributed by atoms with Crippen LogP contribution in [0.25, 0.3) is 0 Å². The van der Waals surface area contributed by atoms with Gasteiger partial charge >= 0.3 is 0 Å². The standard InChI is InChI=1S/C14H19F2NO/c1-3-18-11-7-10(8-11)17-9(2)12-5-4-6-13(15)14(12)16/h4-6,9-11,17H,3,7-8H2,1-2H3. The van der Waals surface area contributed by atoms with E-state index in [1.54, 1.807) is 6.07 Å². The van der Waals surface area contributed by atoms with Crippen LogP contribution < -0.4 is 5.32 Å². The van der Waals surface area contributed by atoms with Crippen LogP contribution in [0.2, 0.25) is 0 Å². The molecule has 1 fully saturated rings. The largest absolute Gasteiger partial charge is 0.378 e. The van der Waals surface area contributed by atoms with E-state index in [9.17, 15) is 8.78 Å². The summed E-state index contributed by atoms with van der Waals surface area (Å²) < 4.78 is 32.2. The maximum absolute atomic E-state index is 13.6. The number of nitrogens with one attached hydrogen (secondary N) is 1. The van der Waals surface area contributed by atoms with E-state index >= 15 is 0 Å². The van der Waals surface area contributed by atoms with Crippen molar-refractivity contribution < 1.29 is 13.5 Å². The molecule has 1 aromatic carbocycles. The van der Waals surface area contributed by atoms with Gasteiger partial charge in [0.25, 0.3) is 0 Å². The van der Waals surface area contributed by atoms with Gasteiger partial charge in [-0.2, -0.15) is 0 Å². The molecule has 0 bridgehead atoms. The summed E-state index contributed by atoms with van der Waals surface area (Å²) in [4.78, 5) is 0. The second-order valence-corrected chi connectivity index (χ2v) is 4.78. The Balaban J connectivity index is 1.89. The van der Waals surface area contributed by atoms with Crippen molar-refractivity contribution in [2.24, 2.45) is 0 Å². The fourth-order valence-corrected chi connectivity index (χ4v) is 2.37. The third-order valence-electron chi connectivity index (χ3n) is 3.43. The van der Waals surface area contributed by atoms with Gasteiger partial charge in [-0.1, -0.05) is 12.1 Å². The Morgan fingerprint density at radius 3 is 2.78 bits per heavy atom. The zero-order valence-electron chi connectivity index (χ0n) is 10.7. The third kappa shape index (κ3) is 2.87. The molecule has 2 rings (SSSR count).